The molecule has 1 aliphatic carbocycles. The first kappa shape index (κ1) is 111. The van der Waals surface area contributed by atoms with Crippen LogP contribution in [0.25, 0.3) is 11.4 Å². The average molecular weight is 1770 g/mol. The third-order valence-corrected chi connectivity index (χ3v) is 17.2. The number of amides is 6. The van der Waals surface area contributed by atoms with Crippen molar-refractivity contribution in [3.8, 4) is 11.4 Å². The van der Waals surface area contributed by atoms with Crippen molar-refractivity contribution >= 4 is 64.4 Å². The number of carbonyl (C=O) groups excluding carboxylic acids is 11. The van der Waals surface area contributed by atoms with E-state index >= 15 is 0 Å². The fraction of sp³-hybridized carbons (Fsp3) is 0.570. The van der Waals surface area contributed by atoms with Gasteiger partial charge in [0.25, 0.3) is 5.91 Å². The lowest BCUT2D eigenvalue weighted by Gasteiger charge is -2.24. The Morgan fingerprint density at radius 2 is 0.816 bits per heavy atom. The predicted molar refractivity (Wildman–Crippen MR) is 463 cm³/mol. The number of carbonyl (C=O) groups is 11. The van der Waals surface area contributed by atoms with Crippen molar-refractivity contribution in [1.82, 2.24) is 55.1 Å². The number of benzene rings is 3. The third-order valence-electron chi connectivity index (χ3n) is 17.2. The van der Waals surface area contributed by atoms with Crippen molar-refractivity contribution < 1.29 is 96.6 Å². The Morgan fingerprint density at radius 3 is 1.19 bits per heavy atom. The van der Waals surface area contributed by atoms with E-state index in [0.29, 0.717) is 66.8 Å². The van der Waals surface area contributed by atoms with Crippen molar-refractivity contribution in [2.24, 2.45) is 43.8 Å². The van der Waals surface area contributed by atoms with Gasteiger partial charge in [0, 0.05) is 83.0 Å². The lowest BCUT2D eigenvalue weighted by Crippen LogP contribution is -2.37. The highest BCUT2D eigenvalue weighted by molar-refractivity contribution is 6.00. The van der Waals surface area contributed by atoms with Gasteiger partial charge in [-0.25, -0.2) is 18.5 Å². The van der Waals surface area contributed by atoms with Gasteiger partial charge in [-0.1, -0.05) is 188 Å². The maximum atomic E-state index is 13.5. The molecule has 22 nitrogen and oxygen atoms in total. The summed E-state index contributed by atoms with van der Waals surface area (Å²) < 4.78 is 136. The van der Waals surface area contributed by atoms with Gasteiger partial charge in [-0.05, 0) is 126 Å². The minimum Gasteiger partial charge on any atom is -0.349 e. The Hall–Kier alpha value is -10.3. The highest BCUT2D eigenvalue weighted by Gasteiger charge is 2.45. The number of nitrogens with zero attached hydrogens (tertiary/aromatic N) is 8. The zero-order valence-electron chi connectivity index (χ0n) is 77.6. The van der Waals surface area contributed by atoms with Gasteiger partial charge in [-0.2, -0.15) is 54.8 Å². The van der Waals surface area contributed by atoms with Crippen molar-refractivity contribution in [1.29, 1.82) is 0 Å². The van der Waals surface area contributed by atoms with Gasteiger partial charge >= 0.3 is 24.6 Å². The third kappa shape index (κ3) is 42.5. The number of Topliss-reactive ketones (excluding diaryl/α,β-unsaturated/α-hetero) is 6. The first-order chi connectivity index (χ1) is 56.7. The Kier molecular flexibility index (Phi) is 40.5. The van der Waals surface area contributed by atoms with Crippen LogP contribution in [0.3, 0.4) is 0 Å². The summed E-state index contributed by atoms with van der Waals surface area (Å²) in [6, 6.07) is 19.8. The SMILES string of the molecule is C=CCN1CCN(C(=O)CC(C)(C)C)C1=O.CC(=O)NCC(=O)CC(C)(C)C.CC(C)(C)CC(=O)CNC(=O)C1CC1.CC(C)(C)CC(=O)CNC(=O)c1ccccc1.CC(C)(C)CC(=O)c1cnn(-c2ccc(F)cc2)c1C(F)(F)F.CC(C)(C)CC(=O)c1cnn(C(C)(C)C)c1C(F)(F)F.Cc1ccccc1-n1ncc(C(=O)CC(C)(C)C)c1C(F)(F)F. The van der Waals surface area contributed by atoms with Gasteiger partial charge in [0.15, 0.2) is 51.8 Å². The van der Waals surface area contributed by atoms with E-state index in [1.54, 1.807) is 108 Å². The number of ketones is 6. The van der Waals surface area contributed by atoms with E-state index < -0.39 is 80.7 Å². The van der Waals surface area contributed by atoms with E-state index in [0.717, 1.165) is 52.9 Å². The molecule has 2 aliphatic rings. The molecule has 1 saturated carbocycles. The van der Waals surface area contributed by atoms with Crippen LogP contribution >= 0.6 is 0 Å². The Morgan fingerprint density at radius 1 is 0.448 bits per heavy atom. The molecule has 2 fully saturated rings. The lowest BCUT2D eigenvalue weighted by atomic mass is 9.88. The van der Waals surface area contributed by atoms with Gasteiger partial charge in [0.1, 0.15) is 5.82 Å². The number of hydrogen-bond acceptors (Lipinski definition) is 14. The molecule has 694 valence electrons. The van der Waals surface area contributed by atoms with Crippen LogP contribution in [0, 0.1) is 56.6 Å². The fourth-order valence-electron chi connectivity index (χ4n) is 11.9. The summed E-state index contributed by atoms with van der Waals surface area (Å²) in [5, 5.41) is 19.1. The van der Waals surface area contributed by atoms with Gasteiger partial charge in [-0.15, -0.1) is 6.58 Å². The van der Waals surface area contributed by atoms with Crippen molar-refractivity contribution in [3.63, 3.8) is 0 Å². The molecule has 4 heterocycles. The van der Waals surface area contributed by atoms with Crippen molar-refractivity contribution in [2.75, 3.05) is 39.3 Å². The molecule has 0 spiro atoms. The number of imide groups is 1. The molecule has 3 aromatic heterocycles. The van der Waals surface area contributed by atoms with Crippen LogP contribution in [0.15, 0.2) is 110 Å². The number of nitrogens with one attached hydrogen (secondary N) is 3. The van der Waals surface area contributed by atoms with Crippen molar-refractivity contribution in [3.05, 3.63) is 161 Å². The minimum atomic E-state index is -4.76. The van der Waals surface area contributed by atoms with Crippen LogP contribution in [-0.4, -0.2) is 143 Å². The number of hydrogen-bond donors (Lipinski definition) is 3. The largest absolute Gasteiger partial charge is 0.434 e. The quantitative estimate of drug-likeness (QED) is 0.0324. The predicted octanol–water partition coefficient (Wildman–Crippen LogP) is 20.7. The fourth-order valence-corrected chi connectivity index (χ4v) is 11.9. The minimum absolute atomic E-state index is 0.00948. The Labute approximate surface area is 730 Å². The maximum absolute atomic E-state index is 13.5. The molecule has 3 aromatic carbocycles. The normalized spacial score (nSPS) is 13.3. The number of alkyl halides is 9. The van der Waals surface area contributed by atoms with Crippen molar-refractivity contribution in [2.45, 2.75) is 262 Å². The summed E-state index contributed by atoms with van der Waals surface area (Å²) in [6.45, 7) is 53.9. The molecule has 3 N–H and O–H groups in total. The smallest absolute Gasteiger partial charge is 0.349 e. The second-order valence-corrected chi connectivity index (χ2v) is 40.4. The molecular formula is C93H131F10N11O11. The highest BCUT2D eigenvalue weighted by atomic mass is 19.4. The number of urea groups is 1. The number of rotatable bonds is 22. The molecule has 8 rings (SSSR count). The van der Waals surface area contributed by atoms with Gasteiger partial charge < -0.3 is 20.9 Å². The molecule has 0 unspecified atom stereocenters. The van der Waals surface area contributed by atoms with Crippen LogP contribution in [-0.2, 0) is 52.8 Å². The molecule has 6 aromatic rings. The molecule has 1 aliphatic heterocycles. The standard InChI is InChI=1S/C17H19F3N2O.C16H16F4N2O.C14H21F3N2O.C14H19NO2.C12H20N2O2.C11H19NO2.C9H17NO2/c1-11-7-5-6-8-13(11)22-15(17(18,19)20)12(10-21-22)14(23)9-16(2,3)4;1-15(2,3)8-13(23)12-9-21-22(14(12)16(18,19)20)11-6-4-10(17)5-7-11;1-12(2,3)7-10(20)9-8-18-19(13(4,5)6)11(9)14(15,16)17;1-14(2,3)9-12(16)10-15-13(17)11-7-5-4-6-8-11;1-5-6-13-7-8-14(11(13)16)10(15)9-12(2,3)4;1-11(2,3)6-9(13)7-12-10(14)8-4-5-8;1-7(11)10-6-8(12)5-9(2,3)4/h5-8,10H,9H2,1-4H3;4-7,9H,8H2,1-3H3;8H,7H2,1-6H3;4-8H,9-10H2,1-3H3,(H,15,17);5H,1,6-9H2,2-4H3;8H,4-7H2,1-3H3,(H,12,14);5-6H2,1-4H3,(H,10,11). The summed E-state index contributed by atoms with van der Waals surface area (Å²) in [6.07, 6.45) is -5.47. The summed E-state index contributed by atoms with van der Waals surface area (Å²) >= 11 is 0. The topological polar surface area (TPSA) is 284 Å². The van der Waals surface area contributed by atoms with E-state index in [9.17, 15) is 96.6 Å². The Bertz CT molecular complexity index is 4630. The van der Waals surface area contributed by atoms with Gasteiger partial charge in [0.05, 0.1) is 71.8 Å². The van der Waals surface area contributed by atoms with E-state index in [4.69, 9.17) is 0 Å². The molecule has 32 heteroatoms. The zero-order valence-corrected chi connectivity index (χ0v) is 77.6. The molecule has 1 saturated heterocycles. The summed E-state index contributed by atoms with van der Waals surface area (Å²) in [7, 11) is 0. The second kappa shape index (κ2) is 45.7. The molecule has 0 atom stereocenters. The molecular weight excluding hydrogens is 1640 g/mol. The van der Waals surface area contributed by atoms with Crippen LogP contribution in [0.2, 0.25) is 0 Å². The summed E-state index contributed by atoms with van der Waals surface area (Å²) in [5.41, 5.74) is -4.88. The monoisotopic (exact) mass is 1770 g/mol. The van der Waals surface area contributed by atoms with Crippen LogP contribution < -0.4 is 16.0 Å². The molecule has 125 heavy (non-hydrogen) atoms. The van der Waals surface area contributed by atoms with E-state index in [-0.39, 0.29) is 136 Å². The molecule has 0 bridgehead atoms. The second-order valence-electron chi connectivity index (χ2n) is 40.4. The number of para-hydroxylation sites is 1. The van der Waals surface area contributed by atoms with Gasteiger partial charge in [0.2, 0.25) is 17.7 Å². The maximum Gasteiger partial charge on any atom is 0.434 e. The summed E-state index contributed by atoms with van der Waals surface area (Å²) in [5.74, 6) is -2.22. The first-order valence-corrected chi connectivity index (χ1v) is 41.1. The van der Waals surface area contributed by atoms with E-state index in [1.807, 2.05) is 131 Å². The van der Waals surface area contributed by atoms with Crippen LogP contribution in [0.4, 0.5) is 48.7 Å². The van der Waals surface area contributed by atoms with Crippen LogP contribution in [0.1, 0.15) is 295 Å². The highest BCUT2D eigenvalue weighted by Crippen LogP contribution is 2.40. The molecule has 6 amide bonds. The number of halogens is 10. The average Bonchev–Trinajstić information content (AvgIpc) is 1.64. The zero-order chi connectivity index (χ0) is 96.5. The number of aromatic nitrogens is 6. The summed E-state index contributed by atoms with van der Waals surface area (Å²) in [4.78, 5) is 131. The van der Waals surface area contributed by atoms with E-state index in [2.05, 4.69) is 37.8 Å². The van der Waals surface area contributed by atoms with Crippen LogP contribution in [0.5, 0.6) is 0 Å². The van der Waals surface area contributed by atoms with Gasteiger partial charge in [-0.3, -0.25) is 57.5 Å². The Balaban J connectivity index is 0.000000499. The van der Waals surface area contributed by atoms with E-state index in [1.165, 1.54) is 24.0 Å². The first-order valence-electron chi connectivity index (χ1n) is 41.1. The lowest BCUT2D eigenvalue weighted by molar-refractivity contribution is -0.146. The number of aryl methyl sites for hydroxylation is 1. The molecule has 0 radical (unpaired) electrons.